The Balaban J connectivity index is 0.00000363. The van der Waals surface area contributed by atoms with E-state index in [4.69, 9.17) is 14.1 Å². The predicted molar refractivity (Wildman–Crippen MR) is 138 cm³/mol. The van der Waals surface area contributed by atoms with Crippen molar-refractivity contribution in [1.29, 1.82) is 0 Å². The Kier molecular flexibility index (Phi) is 10.5. The second-order valence-corrected chi connectivity index (χ2v) is 7.94. The first-order chi connectivity index (χ1) is 15.0. The maximum Gasteiger partial charge on any atom is 0.287 e. The van der Waals surface area contributed by atoms with E-state index in [9.17, 15) is 4.79 Å². The van der Waals surface area contributed by atoms with Crippen molar-refractivity contribution in [2.45, 2.75) is 40.2 Å². The van der Waals surface area contributed by atoms with Crippen LogP contribution in [-0.4, -0.2) is 56.1 Å². The minimum atomic E-state index is -0.178. The lowest BCUT2D eigenvalue weighted by Crippen LogP contribution is -2.48. The second-order valence-electron chi connectivity index (χ2n) is 7.94. The van der Waals surface area contributed by atoms with E-state index in [2.05, 4.69) is 54.5 Å². The van der Waals surface area contributed by atoms with Crippen LogP contribution in [-0.2, 0) is 4.74 Å². The molecule has 1 amide bonds. The van der Waals surface area contributed by atoms with E-state index in [-0.39, 0.29) is 36.0 Å². The molecule has 1 saturated heterocycles. The number of hydrogen-bond donors (Lipinski definition) is 2. The number of benzene rings is 1. The molecule has 2 N–H and O–H groups in total. The monoisotopic (exact) mass is 554 g/mol. The van der Waals surface area contributed by atoms with Gasteiger partial charge in [0.05, 0.1) is 19.4 Å². The topological polar surface area (TPSA) is 79.1 Å². The number of halogens is 1. The summed E-state index contributed by atoms with van der Waals surface area (Å²) in [4.78, 5) is 19.2. The van der Waals surface area contributed by atoms with Crippen LogP contribution in [0.5, 0.6) is 0 Å². The van der Waals surface area contributed by atoms with E-state index in [0.29, 0.717) is 25.5 Å². The fourth-order valence-corrected chi connectivity index (χ4v) is 3.79. The summed E-state index contributed by atoms with van der Waals surface area (Å²) in [6.45, 7) is 12.4. The van der Waals surface area contributed by atoms with Gasteiger partial charge in [0, 0.05) is 31.7 Å². The molecule has 8 heteroatoms. The van der Waals surface area contributed by atoms with Crippen LogP contribution in [0.25, 0.3) is 0 Å². The fourth-order valence-electron chi connectivity index (χ4n) is 3.79. The van der Waals surface area contributed by atoms with E-state index in [1.807, 2.05) is 6.92 Å². The van der Waals surface area contributed by atoms with Crippen LogP contribution >= 0.6 is 24.0 Å². The van der Waals surface area contributed by atoms with Gasteiger partial charge in [0.1, 0.15) is 6.10 Å². The molecule has 1 fully saturated rings. The lowest BCUT2D eigenvalue weighted by Gasteiger charge is -2.36. The van der Waals surface area contributed by atoms with Crippen LogP contribution in [0.4, 0.5) is 0 Å². The van der Waals surface area contributed by atoms with Gasteiger partial charge in [-0.15, -0.1) is 24.0 Å². The Morgan fingerprint density at radius 1 is 1.19 bits per heavy atom. The van der Waals surface area contributed by atoms with Crippen LogP contribution in [0, 0.1) is 20.8 Å². The number of nitrogens with one attached hydrogen (secondary N) is 2. The Morgan fingerprint density at radius 2 is 2.00 bits per heavy atom. The minimum Gasteiger partial charge on any atom is -0.459 e. The smallest absolute Gasteiger partial charge is 0.287 e. The molecule has 0 saturated carbocycles. The van der Waals surface area contributed by atoms with Crippen molar-refractivity contribution in [3.63, 3.8) is 0 Å². The summed E-state index contributed by atoms with van der Waals surface area (Å²) >= 11 is 0. The third-order valence-electron chi connectivity index (χ3n) is 5.42. The predicted octanol–water partition coefficient (Wildman–Crippen LogP) is 3.98. The Hall–Kier alpha value is -2.07. The molecular weight excluding hydrogens is 519 g/mol. The maximum atomic E-state index is 12.1. The molecule has 1 aliphatic heterocycles. The zero-order chi connectivity index (χ0) is 22.2. The number of morpholine rings is 1. The highest BCUT2D eigenvalue weighted by Crippen LogP contribution is 2.26. The molecule has 176 valence electrons. The third-order valence-corrected chi connectivity index (χ3v) is 5.42. The highest BCUT2D eigenvalue weighted by molar-refractivity contribution is 14.0. The van der Waals surface area contributed by atoms with Gasteiger partial charge in [-0.25, -0.2) is 0 Å². The molecule has 1 aromatic carbocycles. The van der Waals surface area contributed by atoms with Crippen LogP contribution in [0.15, 0.2) is 39.9 Å². The number of aliphatic imine (C=N–C) groups is 1. The molecule has 0 radical (unpaired) electrons. The van der Waals surface area contributed by atoms with Gasteiger partial charge in [-0.2, -0.15) is 0 Å². The van der Waals surface area contributed by atoms with E-state index in [1.165, 1.54) is 23.0 Å². The molecule has 1 aliphatic rings. The average Bonchev–Trinajstić information content (AvgIpc) is 3.18. The number of carbonyl (C=O) groups excluding carboxylic acids is 1. The number of hydrogen-bond acceptors (Lipinski definition) is 4. The molecule has 3 rings (SSSR count). The van der Waals surface area contributed by atoms with Gasteiger partial charge in [0.15, 0.2) is 11.7 Å². The van der Waals surface area contributed by atoms with Crippen molar-refractivity contribution in [2.24, 2.45) is 4.99 Å². The summed E-state index contributed by atoms with van der Waals surface area (Å²) in [5.74, 6) is 1.10. The molecule has 0 aliphatic carbocycles. The van der Waals surface area contributed by atoms with Gasteiger partial charge in [0.2, 0.25) is 0 Å². The molecular formula is C24H35IN4O3. The lowest BCUT2D eigenvalue weighted by molar-refractivity contribution is -0.00833. The van der Waals surface area contributed by atoms with Crippen molar-refractivity contribution >= 4 is 35.8 Å². The number of rotatable bonds is 7. The van der Waals surface area contributed by atoms with Gasteiger partial charge < -0.3 is 24.7 Å². The van der Waals surface area contributed by atoms with E-state index >= 15 is 0 Å². The first-order valence-electron chi connectivity index (χ1n) is 11.0. The van der Waals surface area contributed by atoms with Crippen molar-refractivity contribution in [3.8, 4) is 0 Å². The highest BCUT2D eigenvalue weighted by atomic mass is 127. The van der Waals surface area contributed by atoms with Crippen molar-refractivity contribution in [1.82, 2.24) is 15.5 Å². The molecule has 0 spiro atoms. The number of aryl methyl sites for hydroxylation is 3. The Labute approximate surface area is 208 Å². The normalized spacial score (nSPS) is 16.4. The van der Waals surface area contributed by atoms with Gasteiger partial charge in [-0.3, -0.25) is 9.79 Å². The maximum absolute atomic E-state index is 12.1. The number of carbonyl (C=O) groups is 1. The van der Waals surface area contributed by atoms with Gasteiger partial charge >= 0.3 is 0 Å². The Bertz CT molecular complexity index is 912. The number of ether oxygens (including phenoxy) is 1. The zero-order valence-corrected chi connectivity index (χ0v) is 21.8. The zero-order valence-electron chi connectivity index (χ0n) is 19.4. The summed E-state index contributed by atoms with van der Waals surface area (Å²) in [5, 5.41) is 6.29. The summed E-state index contributed by atoms with van der Waals surface area (Å²) in [6.07, 6.45) is 2.32. The van der Waals surface area contributed by atoms with Crippen molar-refractivity contribution in [2.75, 3.05) is 39.3 Å². The summed E-state index contributed by atoms with van der Waals surface area (Å²) in [5.41, 5.74) is 4.60. The molecule has 0 bridgehead atoms. The van der Waals surface area contributed by atoms with E-state index < -0.39 is 0 Å². The molecule has 2 aromatic rings. The molecule has 1 atom stereocenters. The van der Waals surface area contributed by atoms with Gasteiger partial charge in [-0.1, -0.05) is 23.8 Å². The first-order valence-corrected chi connectivity index (χ1v) is 11.0. The standard InChI is InChI=1S/C24H34N4O3.HI/c1-5-25-24(27-11-6-10-26-23(29)22-18(3)9-13-31-22)28-12-14-30-21(16-28)20-8-7-17(2)15-19(20)4;/h7-9,13,15,21H,5-6,10-12,14,16H2,1-4H3,(H,25,27)(H,26,29);1H. The number of guanidine groups is 1. The molecule has 1 aromatic heterocycles. The summed E-state index contributed by atoms with van der Waals surface area (Å²) < 4.78 is 11.3. The number of nitrogens with zero attached hydrogens (tertiary/aromatic N) is 2. The molecule has 32 heavy (non-hydrogen) atoms. The SMILES string of the molecule is CCNC(=NCCCNC(=O)c1occc1C)N1CCOC(c2ccc(C)cc2C)C1.I. The molecule has 2 heterocycles. The van der Waals surface area contributed by atoms with Crippen molar-refractivity contribution in [3.05, 3.63) is 58.5 Å². The molecule has 1 unspecified atom stereocenters. The summed E-state index contributed by atoms with van der Waals surface area (Å²) in [7, 11) is 0. The van der Waals surface area contributed by atoms with Gasteiger partial charge in [-0.05, 0) is 51.3 Å². The largest absolute Gasteiger partial charge is 0.459 e. The van der Waals surface area contributed by atoms with E-state index in [0.717, 1.165) is 37.6 Å². The third kappa shape index (κ3) is 6.96. The summed E-state index contributed by atoms with van der Waals surface area (Å²) in [6, 6.07) is 8.31. The van der Waals surface area contributed by atoms with Gasteiger partial charge in [0.25, 0.3) is 5.91 Å². The fraction of sp³-hybridized carbons (Fsp3) is 0.500. The number of amides is 1. The van der Waals surface area contributed by atoms with E-state index in [1.54, 1.807) is 6.07 Å². The van der Waals surface area contributed by atoms with Crippen LogP contribution in [0.1, 0.15) is 52.3 Å². The highest BCUT2D eigenvalue weighted by Gasteiger charge is 2.25. The lowest BCUT2D eigenvalue weighted by atomic mass is 10.00. The number of furan rings is 1. The van der Waals surface area contributed by atoms with Crippen LogP contribution in [0.2, 0.25) is 0 Å². The minimum absolute atomic E-state index is 0. The first kappa shape index (κ1) is 26.2. The van der Waals surface area contributed by atoms with Crippen LogP contribution in [0.3, 0.4) is 0 Å². The quantitative estimate of drug-likeness (QED) is 0.234. The average molecular weight is 554 g/mol. The Morgan fingerprint density at radius 3 is 2.69 bits per heavy atom. The molecule has 7 nitrogen and oxygen atoms in total. The van der Waals surface area contributed by atoms with Crippen molar-refractivity contribution < 1.29 is 13.9 Å². The second kappa shape index (κ2) is 12.8. The van der Waals surface area contributed by atoms with Crippen LogP contribution < -0.4 is 10.6 Å².